The zero-order valence-electron chi connectivity index (χ0n) is 17.2. The summed E-state index contributed by atoms with van der Waals surface area (Å²) in [4.78, 5) is 11.8. The molecule has 0 amide bonds. The van der Waals surface area contributed by atoms with Crippen LogP contribution in [0.1, 0.15) is 59.8 Å². The molecule has 0 aliphatic heterocycles. The Morgan fingerprint density at radius 3 is 2.16 bits per heavy atom. The fourth-order valence-corrected chi connectivity index (χ4v) is 4.60. The average Bonchev–Trinajstić information content (AvgIpc) is 2.56. The third kappa shape index (κ3) is 5.66. The second-order valence-electron chi connectivity index (χ2n) is 9.04. The number of carbonyl (C=O) groups is 1. The van der Waals surface area contributed by atoms with Gasteiger partial charge in [0, 0.05) is 11.5 Å². The number of hydrogen-bond acceptors (Lipinski definition) is 4. The van der Waals surface area contributed by atoms with Crippen molar-refractivity contribution in [3.63, 3.8) is 0 Å². The van der Waals surface area contributed by atoms with Crippen LogP contribution in [0.2, 0.25) is 18.1 Å². The molecule has 0 bridgehead atoms. The summed E-state index contributed by atoms with van der Waals surface area (Å²) < 4.78 is 11.5. The van der Waals surface area contributed by atoms with Crippen LogP contribution in [-0.2, 0) is 14.0 Å². The number of ether oxygens (including phenoxy) is 1. The van der Waals surface area contributed by atoms with Crippen LogP contribution < -0.4 is 0 Å². The zero-order valence-corrected chi connectivity index (χ0v) is 18.2. The summed E-state index contributed by atoms with van der Waals surface area (Å²) in [5.41, 5.74) is 0.314. The molecule has 1 fully saturated rings. The van der Waals surface area contributed by atoms with E-state index < -0.39 is 20.4 Å². The number of carbonyl (C=O) groups excluding carboxylic acids is 1. The minimum absolute atomic E-state index is 0.0717. The number of aliphatic hydroxyl groups excluding tert-OH is 1. The lowest BCUT2D eigenvalue weighted by molar-refractivity contribution is -0.137. The minimum Gasteiger partial charge on any atom is -0.466 e. The summed E-state index contributed by atoms with van der Waals surface area (Å²) >= 11 is 0. The maximum atomic E-state index is 11.8. The molecule has 0 unspecified atom stereocenters. The lowest BCUT2D eigenvalue weighted by Gasteiger charge is -2.45. The van der Waals surface area contributed by atoms with Gasteiger partial charge < -0.3 is 14.3 Å². The fraction of sp³-hybridized carbons (Fsp3) is 0.850. The van der Waals surface area contributed by atoms with Gasteiger partial charge in [0.2, 0.25) is 0 Å². The van der Waals surface area contributed by atoms with E-state index in [1.165, 1.54) is 26.4 Å². The van der Waals surface area contributed by atoms with E-state index in [0.29, 0.717) is 11.5 Å². The highest BCUT2D eigenvalue weighted by Gasteiger charge is 2.44. The molecule has 3 atom stereocenters. The van der Waals surface area contributed by atoms with Gasteiger partial charge >= 0.3 is 5.97 Å². The second-order valence-corrected chi connectivity index (χ2v) is 13.8. The molecule has 0 aromatic rings. The Labute approximate surface area is 155 Å². The van der Waals surface area contributed by atoms with Gasteiger partial charge in [0.25, 0.3) is 0 Å². The Bertz CT molecular complexity index is 461. The SMILES string of the molecule is C=C(C(=O)OC)[C@@H](C)[C@@H](O)[C@H](O[Si](C)(C)C(C)(C)C)C1CCCCC1. The average molecular weight is 371 g/mol. The molecule has 25 heavy (non-hydrogen) atoms. The topological polar surface area (TPSA) is 55.8 Å². The summed E-state index contributed by atoms with van der Waals surface area (Å²) in [6.45, 7) is 16.7. The summed E-state index contributed by atoms with van der Waals surface area (Å²) in [6.07, 6.45) is 4.77. The molecule has 146 valence electrons. The van der Waals surface area contributed by atoms with E-state index >= 15 is 0 Å². The van der Waals surface area contributed by atoms with Crippen LogP contribution in [0.4, 0.5) is 0 Å². The molecule has 4 nitrogen and oxygen atoms in total. The molecule has 0 spiro atoms. The van der Waals surface area contributed by atoms with Crippen LogP contribution in [0.15, 0.2) is 12.2 Å². The number of methoxy groups -OCH3 is 1. The van der Waals surface area contributed by atoms with E-state index in [2.05, 4.69) is 40.4 Å². The van der Waals surface area contributed by atoms with E-state index in [9.17, 15) is 9.90 Å². The quantitative estimate of drug-likeness (QED) is 0.401. The molecule has 1 rings (SSSR count). The van der Waals surface area contributed by atoms with Crippen molar-refractivity contribution in [1.29, 1.82) is 0 Å². The lowest BCUT2D eigenvalue weighted by atomic mass is 9.79. The van der Waals surface area contributed by atoms with Crippen molar-refractivity contribution in [2.24, 2.45) is 11.8 Å². The molecule has 0 aromatic carbocycles. The number of aliphatic hydroxyl groups is 1. The Morgan fingerprint density at radius 1 is 1.20 bits per heavy atom. The van der Waals surface area contributed by atoms with Gasteiger partial charge in [-0.1, -0.05) is 53.5 Å². The zero-order chi connectivity index (χ0) is 19.4. The van der Waals surface area contributed by atoms with Crippen LogP contribution in [0.3, 0.4) is 0 Å². The van der Waals surface area contributed by atoms with Gasteiger partial charge in [0.05, 0.1) is 19.3 Å². The largest absolute Gasteiger partial charge is 0.466 e. The Balaban J connectivity index is 3.04. The standard InChI is InChI=1S/C20H38O4Si/c1-14(15(2)19(22)23-6)17(21)18(16-12-10-9-11-13-16)24-25(7,8)20(3,4)5/h14,16-18,21H,2,9-13H2,1,3-8H3/t14-,17-,18-/m1/s1. The third-order valence-electron chi connectivity index (χ3n) is 6.20. The maximum absolute atomic E-state index is 11.8. The van der Waals surface area contributed by atoms with Crippen LogP contribution in [0, 0.1) is 11.8 Å². The summed E-state index contributed by atoms with van der Waals surface area (Å²) in [6, 6.07) is 0. The molecular weight excluding hydrogens is 332 g/mol. The van der Waals surface area contributed by atoms with Crippen molar-refractivity contribution in [1.82, 2.24) is 0 Å². The smallest absolute Gasteiger partial charge is 0.333 e. The van der Waals surface area contributed by atoms with Crippen molar-refractivity contribution < 1.29 is 19.1 Å². The number of esters is 1. The van der Waals surface area contributed by atoms with Crippen LogP contribution >= 0.6 is 0 Å². The monoisotopic (exact) mass is 370 g/mol. The molecule has 0 aromatic heterocycles. The highest BCUT2D eigenvalue weighted by atomic mass is 28.4. The van der Waals surface area contributed by atoms with Gasteiger partial charge in [-0.2, -0.15) is 0 Å². The van der Waals surface area contributed by atoms with E-state index in [1.807, 2.05) is 6.92 Å². The first-order valence-electron chi connectivity index (χ1n) is 9.55. The second kappa shape index (κ2) is 8.83. The molecule has 1 saturated carbocycles. The molecule has 1 N–H and O–H groups in total. The Morgan fingerprint density at radius 2 is 1.72 bits per heavy atom. The maximum Gasteiger partial charge on any atom is 0.333 e. The predicted octanol–water partition coefficient (Wildman–Crippen LogP) is 4.68. The number of rotatable bonds is 7. The van der Waals surface area contributed by atoms with Crippen molar-refractivity contribution in [2.75, 3.05) is 7.11 Å². The first kappa shape index (κ1) is 22.4. The molecule has 0 radical (unpaired) electrons. The molecule has 0 saturated heterocycles. The first-order valence-corrected chi connectivity index (χ1v) is 12.5. The highest BCUT2D eigenvalue weighted by molar-refractivity contribution is 6.74. The van der Waals surface area contributed by atoms with Gasteiger partial charge in [0.1, 0.15) is 0 Å². The van der Waals surface area contributed by atoms with E-state index in [0.717, 1.165) is 12.8 Å². The summed E-state index contributed by atoms with van der Waals surface area (Å²) in [5, 5.41) is 11.2. The van der Waals surface area contributed by atoms with Gasteiger partial charge in [0.15, 0.2) is 8.32 Å². The van der Waals surface area contributed by atoms with Gasteiger partial charge in [-0.3, -0.25) is 0 Å². The number of hydrogen-bond donors (Lipinski definition) is 1. The molecule has 0 heterocycles. The van der Waals surface area contributed by atoms with E-state index in [4.69, 9.17) is 9.16 Å². The van der Waals surface area contributed by atoms with Crippen molar-refractivity contribution >= 4 is 14.3 Å². The predicted molar refractivity (Wildman–Crippen MR) is 105 cm³/mol. The lowest BCUT2D eigenvalue weighted by Crippen LogP contribution is -2.51. The fourth-order valence-electron chi connectivity index (χ4n) is 3.23. The highest BCUT2D eigenvalue weighted by Crippen LogP contribution is 2.41. The van der Waals surface area contributed by atoms with E-state index in [1.54, 1.807) is 0 Å². The van der Waals surface area contributed by atoms with Crippen LogP contribution in [0.25, 0.3) is 0 Å². The summed E-state index contributed by atoms with van der Waals surface area (Å²) in [5.74, 6) is -0.504. The molecular formula is C20H38O4Si. The van der Waals surface area contributed by atoms with Crippen LogP contribution in [0.5, 0.6) is 0 Å². The van der Waals surface area contributed by atoms with Gasteiger partial charge in [-0.15, -0.1) is 0 Å². The van der Waals surface area contributed by atoms with Crippen molar-refractivity contribution in [3.05, 3.63) is 12.2 Å². The van der Waals surface area contributed by atoms with Crippen molar-refractivity contribution in [2.45, 2.75) is 90.1 Å². The van der Waals surface area contributed by atoms with Crippen molar-refractivity contribution in [3.8, 4) is 0 Å². The summed E-state index contributed by atoms with van der Waals surface area (Å²) in [7, 11) is -0.692. The third-order valence-corrected chi connectivity index (χ3v) is 10.7. The molecule has 5 heteroatoms. The normalized spacial score (nSPS) is 20.6. The van der Waals surface area contributed by atoms with Crippen LogP contribution in [-0.4, -0.2) is 38.7 Å². The van der Waals surface area contributed by atoms with Gasteiger partial charge in [-0.05, 0) is 36.9 Å². The molecule has 1 aliphatic carbocycles. The van der Waals surface area contributed by atoms with E-state index in [-0.39, 0.29) is 17.1 Å². The Hall–Kier alpha value is -0.653. The molecule has 1 aliphatic rings. The first-order chi connectivity index (χ1) is 11.4. The minimum atomic E-state index is -2.04. The Kier molecular flexibility index (Phi) is 7.90. The van der Waals surface area contributed by atoms with Gasteiger partial charge in [-0.25, -0.2) is 4.79 Å².